The fourth-order valence-electron chi connectivity index (χ4n) is 1.84. The maximum absolute atomic E-state index is 12.0. The number of hydrogen-bond donors (Lipinski definition) is 2. The average Bonchev–Trinajstić information content (AvgIpc) is 2.55. The molecule has 1 aromatic heterocycles. The summed E-state index contributed by atoms with van der Waals surface area (Å²) in [4.78, 5) is 12.0. The lowest BCUT2D eigenvalue weighted by atomic mass is 10.2. The molecule has 1 amide bonds. The third kappa shape index (κ3) is 4.56. The number of carbonyl (C=O) groups is 1. The van der Waals surface area contributed by atoms with Crippen molar-refractivity contribution in [2.24, 2.45) is 0 Å². The van der Waals surface area contributed by atoms with Crippen LogP contribution < -0.4 is 15.4 Å². The van der Waals surface area contributed by atoms with Crippen LogP contribution >= 0.6 is 11.6 Å². The van der Waals surface area contributed by atoms with Gasteiger partial charge in [-0.1, -0.05) is 18.5 Å². The van der Waals surface area contributed by atoms with Crippen molar-refractivity contribution in [2.45, 2.75) is 26.3 Å². The SMILES string of the molecule is CCC(C)NC(=O)c1ccc(Nc2cc(Cl)ccc2OC)nn1. The molecule has 122 valence electrons. The minimum atomic E-state index is -0.237. The number of hydrogen-bond acceptors (Lipinski definition) is 5. The topological polar surface area (TPSA) is 76.1 Å². The van der Waals surface area contributed by atoms with Crippen molar-refractivity contribution < 1.29 is 9.53 Å². The first-order chi connectivity index (χ1) is 11.0. The number of methoxy groups -OCH3 is 1. The molecule has 0 radical (unpaired) electrons. The summed E-state index contributed by atoms with van der Waals surface area (Å²) in [6.07, 6.45) is 0.855. The Labute approximate surface area is 140 Å². The highest BCUT2D eigenvalue weighted by molar-refractivity contribution is 6.31. The van der Waals surface area contributed by atoms with Gasteiger partial charge in [-0.05, 0) is 43.7 Å². The summed E-state index contributed by atoms with van der Waals surface area (Å²) in [6, 6.07) is 8.61. The molecular weight excluding hydrogens is 316 g/mol. The second-order valence-electron chi connectivity index (χ2n) is 5.06. The fraction of sp³-hybridized carbons (Fsp3) is 0.312. The highest BCUT2D eigenvalue weighted by atomic mass is 35.5. The third-order valence-electron chi connectivity index (χ3n) is 3.31. The van der Waals surface area contributed by atoms with Crippen LogP contribution in [0.5, 0.6) is 5.75 Å². The van der Waals surface area contributed by atoms with Gasteiger partial charge in [0.2, 0.25) is 0 Å². The molecule has 0 spiro atoms. The number of halogens is 1. The van der Waals surface area contributed by atoms with Crippen LogP contribution in [0.15, 0.2) is 30.3 Å². The van der Waals surface area contributed by atoms with Gasteiger partial charge in [-0.15, -0.1) is 10.2 Å². The molecule has 1 aromatic carbocycles. The van der Waals surface area contributed by atoms with Crippen LogP contribution in [0.4, 0.5) is 11.5 Å². The third-order valence-corrected chi connectivity index (χ3v) is 3.55. The standard InChI is InChI=1S/C16H19ClN4O2/c1-4-10(2)18-16(22)12-6-8-15(21-20-12)19-13-9-11(17)5-7-14(13)23-3/h5-10H,4H2,1-3H3,(H,18,22)(H,19,21). The Morgan fingerprint density at radius 2 is 2.09 bits per heavy atom. The minimum absolute atomic E-state index is 0.0952. The molecule has 0 aliphatic carbocycles. The van der Waals surface area contributed by atoms with E-state index in [1.807, 2.05) is 13.8 Å². The molecule has 6 nitrogen and oxygen atoms in total. The van der Waals surface area contributed by atoms with E-state index < -0.39 is 0 Å². The first-order valence-electron chi connectivity index (χ1n) is 7.28. The largest absolute Gasteiger partial charge is 0.495 e. The van der Waals surface area contributed by atoms with Crippen molar-refractivity contribution >= 4 is 29.0 Å². The molecule has 0 fully saturated rings. The lowest BCUT2D eigenvalue weighted by molar-refractivity contribution is 0.0933. The van der Waals surface area contributed by atoms with Gasteiger partial charge in [0.05, 0.1) is 12.8 Å². The Morgan fingerprint density at radius 3 is 2.70 bits per heavy atom. The lowest BCUT2D eigenvalue weighted by Gasteiger charge is -2.12. The minimum Gasteiger partial charge on any atom is -0.495 e. The summed E-state index contributed by atoms with van der Waals surface area (Å²) in [5.41, 5.74) is 0.944. The summed E-state index contributed by atoms with van der Waals surface area (Å²) in [7, 11) is 1.57. The maximum Gasteiger partial charge on any atom is 0.272 e. The van der Waals surface area contributed by atoms with E-state index in [4.69, 9.17) is 16.3 Å². The summed E-state index contributed by atoms with van der Waals surface area (Å²) in [5, 5.41) is 14.4. The quantitative estimate of drug-likeness (QED) is 0.846. The molecule has 2 aromatic rings. The fourth-order valence-corrected chi connectivity index (χ4v) is 2.01. The Balaban J connectivity index is 2.11. The number of aromatic nitrogens is 2. The van der Waals surface area contributed by atoms with E-state index in [1.165, 1.54) is 0 Å². The van der Waals surface area contributed by atoms with Gasteiger partial charge >= 0.3 is 0 Å². The smallest absolute Gasteiger partial charge is 0.272 e. The van der Waals surface area contributed by atoms with Crippen LogP contribution in [-0.2, 0) is 0 Å². The van der Waals surface area contributed by atoms with E-state index >= 15 is 0 Å². The van der Waals surface area contributed by atoms with E-state index in [2.05, 4.69) is 20.8 Å². The molecule has 0 aliphatic rings. The summed E-state index contributed by atoms with van der Waals surface area (Å²) in [5.74, 6) is 0.888. The van der Waals surface area contributed by atoms with Crippen LogP contribution in [0.25, 0.3) is 0 Å². The molecule has 0 aliphatic heterocycles. The molecule has 7 heteroatoms. The molecule has 2 N–H and O–H groups in total. The number of nitrogens with one attached hydrogen (secondary N) is 2. The number of amides is 1. The van der Waals surface area contributed by atoms with E-state index in [9.17, 15) is 4.79 Å². The van der Waals surface area contributed by atoms with Crippen LogP contribution in [0.3, 0.4) is 0 Å². The van der Waals surface area contributed by atoms with Crippen LogP contribution in [0, 0.1) is 0 Å². The van der Waals surface area contributed by atoms with E-state index in [1.54, 1.807) is 37.4 Å². The van der Waals surface area contributed by atoms with Gasteiger partial charge in [0.1, 0.15) is 5.75 Å². The van der Waals surface area contributed by atoms with Gasteiger partial charge in [0.15, 0.2) is 11.5 Å². The molecule has 2 rings (SSSR count). The summed E-state index contributed by atoms with van der Waals surface area (Å²) in [6.45, 7) is 3.94. The van der Waals surface area contributed by atoms with E-state index in [-0.39, 0.29) is 17.6 Å². The second kappa shape index (κ2) is 7.78. The molecule has 0 saturated heterocycles. The zero-order chi connectivity index (χ0) is 16.8. The number of carbonyl (C=O) groups excluding carboxylic acids is 1. The van der Waals surface area contributed by atoms with Gasteiger partial charge in [0, 0.05) is 11.1 Å². The normalized spacial score (nSPS) is 11.7. The van der Waals surface area contributed by atoms with Gasteiger partial charge in [-0.3, -0.25) is 4.79 Å². The lowest BCUT2D eigenvalue weighted by Crippen LogP contribution is -2.32. The van der Waals surface area contributed by atoms with Gasteiger partial charge < -0.3 is 15.4 Å². The van der Waals surface area contributed by atoms with Crippen LogP contribution in [0.2, 0.25) is 5.02 Å². The molecule has 1 atom stereocenters. The highest BCUT2D eigenvalue weighted by Crippen LogP contribution is 2.29. The monoisotopic (exact) mass is 334 g/mol. The first-order valence-corrected chi connectivity index (χ1v) is 7.66. The maximum atomic E-state index is 12.0. The zero-order valence-electron chi connectivity index (χ0n) is 13.3. The van der Waals surface area contributed by atoms with Crippen molar-refractivity contribution in [3.8, 4) is 5.75 Å². The first kappa shape index (κ1) is 17.0. The predicted octanol–water partition coefficient (Wildman–Crippen LogP) is 3.41. The molecule has 1 heterocycles. The highest BCUT2D eigenvalue weighted by Gasteiger charge is 2.11. The average molecular weight is 335 g/mol. The van der Waals surface area contributed by atoms with Crippen molar-refractivity contribution in [1.29, 1.82) is 0 Å². The number of ether oxygens (including phenoxy) is 1. The molecule has 1 unspecified atom stereocenters. The van der Waals surface area contributed by atoms with Gasteiger partial charge in [-0.25, -0.2) is 0 Å². The van der Waals surface area contributed by atoms with Crippen LogP contribution in [0.1, 0.15) is 30.8 Å². The van der Waals surface area contributed by atoms with E-state index in [0.29, 0.717) is 22.3 Å². The molecular formula is C16H19ClN4O2. The van der Waals surface area contributed by atoms with Crippen molar-refractivity contribution in [3.05, 3.63) is 41.0 Å². The Morgan fingerprint density at radius 1 is 1.30 bits per heavy atom. The number of benzene rings is 1. The Hall–Kier alpha value is -2.34. The summed E-state index contributed by atoms with van der Waals surface area (Å²) < 4.78 is 5.26. The van der Waals surface area contributed by atoms with Crippen molar-refractivity contribution in [2.75, 3.05) is 12.4 Å². The second-order valence-corrected chi connectivity index (χ2v) is 5.49. The molecule has 23 heavy (non-hydrogen) atoms. The molecule has 0 saturated carbocycles. The Bertz CT molecular complexity index is 676. The van der Waals surface area contributed by atoms with Gasteiger partial charge in [0.25, 0.3) is 5.91 Å². The number of rotatable bonds is 6. The van der Waals surface area contributed by atoms with Crippen molar-refractivity contribution in [3.63, 3.8) is 0 Å². The van der Waals surface area contributed by atoms with E-state index in [0.717, 1.165) is 6.42 Å². The molecule has 0 bridgehead atoms. The van der Waals surface area contributed by atoms with Gasteiger partial charge in [-0.2, -0.15) is 0 Å². The number of anilines is 2. The predicted molar refractivity (Wildman–Crippen MR) is 90.5 cm³/mol. The summed E-state index contributed by atoms with van der Waals surface area (Å²) >= 11 is 5.98. The van der Waals surface area contributed by atoms with Crippen molar-refractivity contribution in [1.82, 2.24) is 15.5 Å². The van der Waals surface area contributed by atoms with Crippen LogP contribution in [-0.4, -0.2) is 29.3 Å². The zero-order valence-corrected chi connectivity index (χ0v) is 14.0. The number of nitrogens with zero attached hydrogens (tertiary/aromatic N) is 2. The Kier molecular flexibility index (Phi) is 5.76.